The minimum absolute atomic E-state index is 0.00129. The van der Waals surface area contributed by atoms with Crippen LogP contribution in [0.3, 0.4) is 0 Å². The Morgan fingerprint density at radius 2 is 1.95 bits per heavy atom. The molecule has 1 unspecified atom stereocenters. The lowest BCUT2D eigenvalue weighted by molar-refractivity contribution is 0.122. The Bertz CT molecular complexity index is 643. The molecule has 1 atom stereocenters. The van der Waals surface area contributed by atoms with Gasteiger partial charge in [-0.05, 0) is 19.1 Å². The zero-order valence-corrected chi connectivity index (χ0v) is 13.9. The normalized spacial score (nSPS) is 12.6. The molecule has 1 aromatic carbocycles. The lowest BCUT2D eigenvalue weighted by atomic mass is 10.2. The lowest BCUT2D eigenvalue weighted by Crippen LogP contribution is -2.32. The van der Waals surface area contributed by atoms with Crippen LogP contribution < -0.4 is 10.5 Å². The first-order chi connectivity index (χ1) is 9.81. The number of ether oxygens (including phenoxy) is 1. The molecule has 1 aromatic rings. The Labute approximate surface area is 134 Å². The molecule has 116 valence electrons. The summed E-state index contributed by atoms with van der Waals surface area (Å²) in [6.07, 6.45) is -0.271. The van der Waals surface area contributed by atoms with E-state index in [1.807, 2.05) is 0 Å². The molecule has 0 fully saturated rings. The first-order valence-corrected chi connectivity index (χ1v) is 8.26. The van der Waals surface area contributed by atoms with E-state index >= 15 is 0 Å². The van der Waals surface area contributed by atoms with Gasteiger partial charge in [-0.1, -0.05) is 35.0 Å². The first-order valence-electron chi connectivity index (χ1n) is 6.02. The van der Waals surface area contributed by atoms with Crippen molar-refractivity contribution < 1.29 is 13.2 Å². The molecular weight excluding hydrogens is 335 g/mol. The lowest BCUT2D eigenvalue weighted by Gasteiger charge is -2.13. The van der Waals surface area contributed by atoms with Crippen LogP contribution in [-0.4, -0.2) is 34.7 Å². The van der Waals surface area contributed by atoms with Crippen molar-refractivity contribution >= 4 is 33.2 Å². The highest BCUT2D eigenvalue weighted by molar-refractivity contribution is 7.89. The minimum atomic E-state index is -3.83. The number of nitrogens with one attached hydrogen (secondary N) is 1. The maximum Gasteiger partial charge on any atom is 0.243 e. The predicted molar refractivity (Wildman–Crippen MR) is 84.1 cm³/mol. The number of benzene rings is 1. The molecular formula is C13H16Cl2N2O3S. The summed E-state index contributed by atoms with van der Waals surface area (Å²) in [6.45, 7) is 2.03. The Hall–Kier alpha value is -0.810. The van der Waals surface area contributed by atoms with Crippen molar-refractivity contribution in [1.29, 1.82) is 0 Å². The molecule has 0 aliphatic heterocycles. The highest BCUT2D eigenvalue weighted by Crippen LogP contribution is 2.30. The predicted octanol–water partition coefficient (Wildman–Crippen LogP) is 1.62. The van der Waals surface area contributed by atoms with Crippen molar-refractivity contribution in [2.75, 3.05) is 20.2 Å². The van der Waals surface area contributed by atoms with Crippen molar-refractivity contribution in [3.8, 4) is 11.8 Å². The van der Waals surface area contributed by atoms with E-state index in [2.05, 4.69) is 16.6 Å². The summed E-state index contributed by atoms with van der Waals surface area (Å²) < 4.78 is 31.8. The molecule has 0 saturated carbocycles. The molecule has 0 radical (unpaired) electrons. The molecule has 0 bridgehead atoms. The molecule has 21 heavy (non-hydrogen) atoms. The maximum absolute atomic E-state index is 12.2. The average molecular weight is 351 g/mol. The van der Waals surface area contributed by atoms with Gasteiger partial charge in [0.25, 0.3) is 0 Å². The van der Waals surface area contributed by atoms with Gasteiger partial charge in [-0.2, -0.15) is 0 Å². The van der Waals surface area contributed by atoms with Crippen molar-refractivity contribution in [2.45, 2.75) is 17.9 Å². The van der Waals surface area contributed by atoms with Gasteiger partial charge in [-0.15, -0.1) is 0 Å². The number of methoxy groups -OCH3 is 1. The van der Waals surface area contributed by atoms with Crippen LogP contribution in [0.1, 0.15) is 12.5 Å². The van der Waals surface area contributed by atoms with Crippen LogP contribution in [0.5, 0.6) is 0 Å². The Morgan fingerprint density at radius 1 is 1.38 bits per heavy atom. The van der Waals surface area contributed by atoms with E-state index in [-0.39, 0.29) is 34.1 Å². The molecule has 0 aliphatic carbocycles. The van der Waals surface area contributed by atoms with Gasteiger partial charge in [0.1, 0.15) is 4.90 Å². The smallest absolute Gasteiger partial charge is 0.243 e. The van der Waals surface area contributed by atoms with Crippen LogP contribution in [-0.2, 0) is 14.8 Å². The van der Waals surface area contributed by atoms with Crippen LogP contribution >= 0.6 is 23.2 Å². The quantitative estimate of drug-likeness (QED) is 0.790. The Morgan fingerprint density at radius 3 is 2.43 bits per heavy atom. The van der Waals surface area contributed by atoms with Gasteiger partial charge in [0.15, 0.2) is 0 Å². The highest BCUT2D eigenvalue weighted by Gasteiger charge is 2.22. The van der Waals surface area contributed by atoms with Crippen molar-refractivity contribution in [3.63, 3.8) is 0 Å². The first kappa shape index (κ1) is 18.2. The molecule has 8 heteroatoms. The fourth-order valence-electron chi connectivity index (χ4n) is 1.42. The van der Waals surface area contributed by atoms with E-state index in [9.17, 15) is 8.42 Å². The third kappa shape index (κ3) is 5.15. The van der Waals surface area contributed by atoms with Crippen LogP contribution in [0.25, 0.3) is 0 Å². The van der Waals surface area contributed by atoms with Gasteiger partial charge in [0.2, 0.25) is 10.0 Å². The number of hydrogen-bond donors (Lipinski definition) is 2. The summed E-state index contributed by atoms with van der Waals surface area (Å²) in [6, 6.07) is 2.87. The third-order valence-electron chi connectivity index (χ3n) is 2.56. The Balaban J connectivity index is 3.13. The van der Waals surface area contributed by atoms with Crippen molar-refractivity contribution in [1.82, 2.24) is 4.72 Å². The molecule has 3 N–H and O–H groups in total. The topological polar surface area (TPSA) is 81.4 Å². The van der Waals surface area contributed by atoms with Gasteiger partial charge in [0, 0.05) is 19.2 Å². The number of halogens is 2. The SMILES string of the molecule is COC(C)CNS(=O)(=O)c1c(Cl)cc(C#CCN)cc1Cl. The van der Waals surface area contributed by atoms with Gasteiger partial charge in [0.05, 0.1) is 22.7 Å². The third-order valence-corrected chi connectivity index (χ3v) is 4.91. The standard InChI is InChI=1S/C13H16Cl2N2O3S/c1-9(20-2)8-17-21(18,19)13-11(14)6-10(4-3-5-16)7-12(13)15/h6-7,9,17H,5,8,16H2,1-2H3. The molecule has 0 aliphatic rings. The molecule has 0 saturated heterocycles. The van der Waals surface area contributed by atoms with E-state index in [1.165, 1.54) is 19.2 Å². The number of nitrogens with two attached hydrogens (primary N) is 1. The highest BCUT2D eigenvalue weighted by atomic mass is 35.5. The summed E-state index contributed by atoms with van der Waals surface area (Å²) in [5, 5.41) is 0.00258. The van der Waals surface area contributed by atoms with Gasteiger partial charge in [-0.3, -0.25) is 0 Å². The maximum atomic E-state index is 12.2. The van der Waals surface area contributed by atoms with E-state index in [4.69, 9.17) is 33.7 Å². The van der Waals surface area contributed by atoms with E-state index in [0.29, 0.717) is 5.56 Å². The van der Waals surface area contributed by atoms with E-state index in [0.717, 1.165) is 0 Å². The van der Waals surface area contributed by atoms with Crippen LogP contribution in [0.15, 0.2) is 17.0 Å². The molecule has 0 aromatic heterocycles. The summed E-state index contributed by atoms with van der Waals surface area (Å²) in [7, 11) is -2.34. The van der Waals surface area contributed by atoms with Crippen LogP contribution in [0.4, 0.5) is 0 Å². The zero-order valence-electron chi connectivity index (χ0n) is 11.6. The van der Waals surface area contributed by atoms with Crippen molar-refractivity contribution in [3.05, 3.63) is 27.7 Å². The second kappa shape index (κ2) is 7.99. The monoisotopic (exact) mass is 350 g/mol. The van der Waals surface area contributed by atoms with E-state index < -0.39 is 10.0 Å². The molecule has 1 rings (SSSR count). The van der Waals surface area contributed by atoms with Gasteiger partial charge in [-0.25, -0.2) is 13.1 Å². The minimum Gasteiger partial charge on any atom is -0.380 e. The summed E-state index contributed by atoms with van der Waals surface area (Å²) in [4.78, 5) is -0.174. The number of sulfonamides is 1. The second-order valence-electron chi connectivity index (χ2n) is 4.17. The average Bonchev–Trinajstić information content (AvgIpc) is 2.41. The second-order valence-corrected chi connectivity index (χ2v) is 6.69. The fraction of sp³-hybridized carbons (Fsp3) is 0.385. The summed E-state index contributed by atoms with van der Waals surface area (Å²) >= 11 is 12.0. The van der Waals surface area contributed by atoms with Crippen molar-refractivity contribution in [2.24, 2.45) is 5.73 Å². The Kier molecular flexibility index (Phi) is 6.94. The molecule has 5 nitrogen and oxygen atoms in total. The van der Waals surface area contributed by atoms with E-state index in [1.54, 1.807) is 6.92 Å². The van der Waals surface area contributed by atoms with Crippen LogP contribution in [0.2, 0.25) is 10.0 Å². The summed E-state index contributed by atoms with van der Waals surface area (Å²) in [5.74, 6) is 5.39. The fourth-order valence-corrected chi connectivity index (χ4v) is 3.75. The van der Waals surface area contributed by atoms with Gasteiger partial charge >= 0.3 is 0 Å². The number of rotatable bonds is 5. The zero-order chi connectivity index (χ0) is 16.0. The molecule has 0 amide bonds. The van der Waals surface area contributed by atoms with Crippen LogP contribution in [0, 0.1) is 11.8 Å². The van der Waals surface area contributed by atoms with Gasteiger partial charge < -0.3 is 10.5 Å². The largest absolute Gasteiger partial charge is 0.380 e. The molecule has 0 heterocycles. The number of hydrogen-bond acceptors (Lipinski definition) is 4. The summed E-state index contributed by atoms with van der Waals surface area (Å²) in [5.41, 5.74) is 5.78. The molecule has 0 spiro atoms.